The lowest BCUT2D eigenvalue weighted by atomic mass is 10.3. The molecule has 0 aliphatic carbocycles. The number of carbonyl (C=O) groups excluding carboxylic acids is 2. The van der Waals surface area contributed by atoms with E-state index in [0.717, 1.165) is 26.1 Å². The smallest absolute Gasteiger partial charge is 0.143 e. The normalized spacial score (nSPS) is 11.1. The molecule has 16 heavy (non-hydrogen) atoms. The van der Waals surface area contributed by atoms with E-state index in [4.69, 9.17) is 0 Å². The zero-order valence-corrected chi connectivity index (χ0v) is 11.0. The fraction of sp³-hybridized carbons (Fsp3) is 0.833. The molecule has 0 radical (unpaired) electrons. The minimum atomic E-state index is 0.111. The first-order valence-corrected chi connectivity index (χ1v) is 5.85. The maximum Gasteiger partial charge on any atom is 0.143 e. The Bertz CT molecular complexity index is 213. The number of hydrogen-bond acceptors (Lipinski definition) is 4. The fourth-order valence-electron chi connectivity index (χ4n) is 1.65. The van der Waals surface area contributed by atoms with Crippen molar-refractivity contribution < 1.29 is 9.59 Å². The van der Waals surface area contributed by atoms with Crippen molar-refractivity contribution >= 4 is 11.6 Å². The lowest BCUT2D eigenvalue weighted by Gasteiger charge is -2.23. The van der Waals surface area contributed by atoms with Crippen LogP contribution in [0.3, 0.4) is 0 Å². The summed E-state index contributed by atoms with van der Waals surface area (Å²) in [7, 11) is 2.06. The van der Waals surface area contributed by atoms with Crippen LogP contribution in [-0.2, 0) is 9.59 Å². The summed E-state index contributed by atoms with van der Waals surface area (Å²) in [5.41, 5.74) is 0. The van der Waals surface area contributed by atoms with Gasteiger partial charge in [0, 0.05) is 13.1 Å². The maximum atomic E-state index is 11.0. The van der Waals surface area contributed by atoms with Crippen molar-refractivity contribution in [2.75, 3.05) is 39.8 Å². The van der Waals surface area contributed by atoms with E-state index in [1.165, 1.54) is 0 Å². The van der Waals surface area contributed by atoms with Crippen molar-refractivity contribution in [2.24, 2.45) is 0 Å². The summed E-state index contributed by atoms with van der Waals surface area (Å²) in [5, 5.41) is 0. The van der Waals surface area contributed by atoms with Crippen LogP contribution in [0.15, 0.2) is 0 Å². The van der Waals surface area contributed by atoms with Crippen molar-refractivity contribution in [1.29, 1.82) is 0 Å². The molecule has 0 amide bonds. The summed E-state index contributed by atoms with van der Waals surface area (Å²) in [6.45, 7) is 8.72. The van der Waals surface area contributed by atoms with Crippen molar-refractivity contribution in [3.8, 4) is 0 Å². The topological polar surface area (TPSA) is 40.6 Å². The van der Waals surface area contributed by atoms with Gasteiger partial charge in [-0.2, -0.15) is 0 Å². The van der Waals surface area contributed by atoms with Crippen molar-refractivity contribution in [3.63, 3.8) is 0 Å². The predicted molar refractivity (Wildman–Crippen MR) is 65.6 cm³/mol. The highest BCUT2D eigenvalue weighted by Crippen LogP contribution is 1.93. The van der Waals surface area contributed by atoms with Gasteiger partial charge >= 0.3 is 0 Å². The molecule has 0 saturated carbocycles. The van der Waals surface area contributed by atoms with E-state index in [9.17, 15) is 9.59 Å². The van der Waals surface area contributed by atoms with Gasteiger partial charge in [0.15, 0.2) is 0 Å². The number of rotatable bonds is 9. The van der Waals surface area contributed by atoms with Crippen LogP contribution in [0, 0.1) is 0 Å². The van der Waals surface area contributed by atoms with Crippen LogP contribution in [0.4, 0.5) is 0 Å². The molecule has 0 bridgehead atoms. The van der Waals surface area contributed by atoms with Crippen LogP contribution in [0.1, 0.15) is 27.2 Å². The second-order valence-electron chi connectivity index (χ2n) is 4.42. The van der Waals surface area contributed by atoms with Gasteiger partial charge in [-0.1, -0.05) is 6.92 Å². The zero-order valence-electron chi connectivity index (χ0n) is 11.0. The number of carbonyl (C=O) groups is 2. The molecule has 0 atom stereocenters. The molecule has 0 aromatic heterocycles. The second kappa shape index (κ2) is 8.42. The van der Waals surface area contributed by atoms with Crippen molar-refractivity contribution in [3.05, 3.63) is 0 Å². The van der Waals surface area contributed by atoms with Crippen LogP contribution < -0.4 is 0 Å². The Morgan fingerprint density at radius 2 is 1.44 bits per heavy atom. The molecule has 0 N–H and O–H groups in total. The van der Waals surface area contributed by atoms with E-state index in [1.807, 2.05) is 4.90 Å². The maximum absolute atomic E-state index is 11.0. The van der Waals surface area contributed by atoms with E-state index < -0.39 is 0 Å². The minimum Gasteiger partial charge on any atom is -0.305 e. The first-order chi connectivity index (χ1) is 7.45. The molecule has 0 unspecified atom stereocenters. The Balaban J connectivity index is 3.99. The molecule has 0 heterocycles. The minimum absolute atomic E-state index is 0.111. The third-order valence-corrected chi connectivity index (χ3v) is 2.30. The monoisotopic (exact) mass is 228 g/mol. The third-order valence-electron chi connectivity index (χ3n) is 2.30. The highest BCUT2D eigenvalue weighted by atomic mass is 16.1. The number of ketones is 2. The number of hydrogen-bond donors (Lipinski definition) is 0. The van der Waals surface area contributed by atoms with Gasteiger partial charge in [0.05, 0.1) is 13.1 Å². The lowest BCUT2D eigenvalue weighted by molar-refractivity contribution is -0.120. The van der Waals surface area contributed by atoms with Gasteiger partial charge in [0.1, 0.15) is 11.6 Å². The van der Waals surface area contributed by atoms with Crippen LogP contribution in [0.5, 0.6) is 0 Å². The Morgan fingerprint density at radius 1 is 0.938 bits per heavy atom. The fourth-order valence-corrected chi connectivity index (χ4v) is 1.65. The van der Waals surface area contributed by atoms with Crippen molar-refractivity contribution in [2.45, 2.75) is 27.2 Å². The van der Waals surface area contributed by atoms with E-state index >= 15 is 0 Å². The molecule has 0 aliphatic heterocycles. The van der Waals surface area contributed by atoms with Gasteiger partial charge in [-0.05, 0) is 33.9 Å². The molecule has 0 saturated heterocycles. The first-order valence-electron chi connectivity index (χ1n) is 5.85. The first kappa shape index (κ1) is 15.3. The van der Waals surface area contributed by atoms with Gasteiger partial charge in [0.25, 0.3) is 0 Å². The number of Topliss-reactive ketones (excluding diaryl/α,β-unsaturated/α-hetero) is 2. The van der Waals surface area contributed by atoms with E-state index in [2.05, 4.69) is 18.9 Å². The Kier molecular flexibility index (Phi) is 8.03. The molecule has 0 aromatic carbocycles. The highest BCUT2D eigenvalue weighted by molar-refractivity contribution is 5.80. The van der Waals surface area contributed by atoms with Crippen molar-refractivity contribution in [1.82, 2.24) is 9.80 Å². The van der Waals surface area contributed by atoms with Gasteiger partial charge in [-0.3, -0.25) is 14.5 Å². The molecular weight excluding hydrogens is 204 g/mol. The average molecular weight is 228 g/mol. The molecule has 0 spiro atoms. The average Bonchev–Trinajstić information content (AvgIpc) is 2.13. The van der Waals surface area contributed by atoms with Crippen LogP contribution in [-0.4, -0.2) is 61.1 Å². The summed E-state index contributed by atoms with van der Waals surface area (Å²) in [6, 6.07) is 0. The largest absolute Gasteiger partial charge is 0.305 e. The lowest BCUT2D eigenvalue weighted by Crippen LogP contribution is -2.38. The number of likely N-dealkylation sites (N-methyl/N-ethyl adjacent to an activating group) is 1. The predicted octanol–water partition coefficient (Wildman–Crippen LogP) is 0.808. The van der Waals surface area contributed by atoms with Crippen LogP contribution in [0.25, 0.3) is 0 Å². The molecule has 0 fully saturated rings. The molecule has 0 aromatic rings. The SMILES string of the molecule is CCCN(C)CCN(CC(C)=O)CC(C)=O. The highest BCUT2D eigenvalue weighted by Gasteiger charge is 2.10. The molecule has 0 rings (SSSR count). The zero-order chi connectivity index (χ0) is 12.6. The standard InChI is InChI=1S/C12H24N2O2/c1-5-6-13(4)7-8-14(9-11(2)15)10-12(3)16/h5-10H2,1-4H3. The summed E-state index contributed by atoms with van der Waals surface area (Å²) in [4.78, 5) is 26.2. The van der Waals surface area contributed by atoms with Gasteiger partial charge in [-0.25, -0.2) is 0 Å². The summed E-state index contributed by atoms with van der Waals surface area (Å²) in [5.74, 6) is 0.221. The molecule has 4 nitrogen and oxygen atoms in total. The van der Waals surface area contributed by atoms with E-state index in [-0.39, 0.29) is 11.6 Å². The Labute approximate surface area is 98.6 Å². The Morgan fingerprint density at radius 3 is 1.81 bits per heavy atom. The third kappa shape index (κ3) is 8.56. The second-order valence-corrected chi connectivity index (χ2v) is 4.42. The number of nitrogens with zero attached hydrogens (tertiary/aromatic N) is 2. The summed E-state index contributed by atoms with van der Waals surface area (Å²) in [6.07, 6.45) is 1.12. The molecular formula is C12H24N2O2. The van der Waals surface area contributed by atoms with Gasteiger partial charge < -0.3 is 4.90 Å². The van der Waals surface area contributed by atoms with Gasteiger partial charge in [0.2, 0.25) is 0 Å². The summed E-state index contributed by atoms with van der Waals surface area (Å²) < 4.78 is 0. The summed E-state index contributed by atoms with van der Waals surface area (Å²) >= 11 is 0. The van der Waals surface area contributed by atoms with Crippen LogP contribution >= 0.6 is 0 Å². The molecule has 4 heteroatoms. The van der Waals surface area contributed by atoms with Crippen LogP contribution in [0.2, 0.25) is 0 Å². The van der Waals surface area contributed by atoms with Gasteiger partial charge in [-0.15, -0.1) is 0 Å². The van der Waals surface area contributed by atoms with E-state index in [1.54, 1.807) is 13.8 Å². The molecule has 94 valence electrons. The molecule has 0 aliphatic rings. The quantitative estimate of drug-likeness (QED) is 0.585. The Hall–Kier alpha value is -0.740. The van der Waals surface area contributed by atoms with E-state index in [0.29, 0.717) is 13.1 Å².